The number of hydrogen-bond acceptors (Lipinski definition) is 9. The second-order valence-corrected chi connectivity index (χ2v) is 6.73. The van der Waals surface area contributed by atoms with Crippen LogP contribution in [0.2, 0.25) is 0 Å². The summed E-state index contributed by atoms with van der Waals surface area (Å²) >= 11 is 0.965. The Balaban J connectivity index is 2.21. The summed E-state index contributed by atoms with van der Waals surface area (Å²) in [6.07, 6.45) is 0.657. The van der Waals surface area contributed by atoms with Crippen LogP contribution in [0.4, 0.5) is 11.5 Å². The number of carbonyl (C=O) groups is 2. The van der Waals surface area contributed by atoms with Crippen molar-refractivity contribution in [3.63, 3.8) is 0 Å². The molecule has 0 N–H and O–H groups in total. The molecule has 0 saturated carbocycles. The van der Waals surface area contributed by atoms with Gasteiger partial charge >= 0.3 is 5.97 Å². The lowest BCUT2D eigenvalue weighted by Crippen LogP contribution is -2.15. The number of esters is 1. The third kappa shape index (κ3) is 3.96. The number of aryl methyl sites for hydroxylation is 2. The van der Waals surface area contributed by atoms with Crippen LogP contribution in [-0.2, 0) is 11.8 Å². The number of nitro benzene ring substituents is 1. The van der Waals surface area contributed by atoms with Crippen LogP contribution < -0.4 is 4.80 Å². The average Bonchev–Trinajstić information content (AvgIpc) is 3.23. The zero-order valence-corrected chi connectivity index (χ0v) is 16.5. The van der Waals surface area contributed by atoms with Gasteiger partial charge in [-0.1, -0.05) is 11.3 Å². The van der Waals surface area contributed by atoms with Crippen molar-refractivity contribution in [1.29, 1.82) is 0 Å². The van der Waals surface area contributed by atoms with Crippen LogP contribution in [0.1, 0.15) is 32.8 Å². The molecule has 0 radical (unpaired) electrons. The van der Waals surface area contributed by atoms with Gasteiger partial charge in [-0.2, -0.15) is 10.1 Å². The molecule has 0 bridgehead atoms. The summed E-state index contributed by atoms with van der Waals surface area (Å²) in [5.41, 5.74) is 1.19. The van der Waals surface area contributed by atoms with Crippen molar-refractivity contribution >= 4 is 35.1 Å². The maximum Gasteiger partial charge on any atom is 0.369 e. The lowest BCUT2D eigenvalue weighted by atomic mass is 10.3. The van der Waals surface area contributed by atoms with Crippen LogP contribution in [0.3, 0.4) is 0 Å². The standard InChI is InChI=1S/C17H16N6O5S/c1-4-28-16(25)15-20-22(11-5-7-12(8-6-11)23(26)27)17(29-15)18-14-13(9-24)10(2)19-21(14)3/h5-9H,4H2,1-3H3/b18-17-. The first-order valence-electron chi connectivity index (χ1n) is 8.41. The van der Waals surface area contributed by atoms with E-state index in [1.54, 1.807) is 20.9 Å². The minimum Gasteiger partial charge on any atom is -0.461 e. The van der Waals surface area contributed by atoms with Crippen LogP contribution in [0.25, 0.3) is 5.69 Å². The number of hydrogen-bond donors (Lipinski definition) is 0. The maximum absolute atomic E-state index is 12.1. The summed E-state index contributed by atoms with van der Waals surface area (Å²) < 4.78 is 7.80. The van der Waals surface area contributed by atoms with Crippen molar-refractivity contribution < 1.29 is 19.2 Å². The van der Waals surface area contributed by atoms with Crippen molar-refractivity contribution in [2.75, 3.05) is 6.61 Å². The molecule has 0 aliphatic heterocycles. The lowest BCUT2D eigenvalue weighted by Gasteiger charge is -2.01. The monoisotopic (exact) mass is 416 g/mol. The summed E-state index contributed by atoms with van der Waals surface area (Å²) in [5, 5.41) is 19.4. The van der Waals surface area contributed by atoms with Gasteiger partial charge in [-0.05, 0) is 26.0 Å². The average molecular weight is 416 g/mol. The molecule has 0 saturated heterocycles. The number of non-ortho nitro benzene ring substituents is 1. The van der Waals surface area contributed by atoms with Gasteiger partial charge in [-0.3, -0.25) is 14.9 Å². The molecule has 3 rings (SSSR count). The zero-order chi connectivity index (χ0) is 21.1. The van der Waals surface area contributed by atoms with Gasteiger partial charge in [0.05, 0.1) is 28.5 Å². The number of benzene rings is 1. The highest BCUT2D eigenvalue weighted by Gasteiger charge is 2.18. The van der Waals surface area contributed by atoms with Gasteiger partial charge in [0.2, 0.25) is 9.81 Å². The van der Waals surface area contributed by atoms with Gasteiger partial charge in [0.1, 0.15) is 0 Å². The van der Waals surface area contributed by atoms with E-state index in [2.05, 4.69) is 15.2 Å². The Morgan fingerprint density at radius 2 is 2.03 bits per heavy atom. The van der Waals surface area contributed by atoms with Crippen LogP contribution in [0.5, 0.6) is 0 Å². The zero-order valence-electron chi connectivity index (χ0n) is 15.7. The Morgan fingerprint density at radius 1 is 1.34 bits per heavy atom. The molecular weight excluding hydrogens is 400 g/mol. The first-order chi connectivity index (χ1) is 13.8. The first kappa shape index (κ1) is 20.1. The van der Waals surface area contributed by atoms with Crippen molar-refractivity contribution in [2.45, 2.75) is 13.8 Å². The highest BCUT2D eigenvalue weighted by atomic mass is 32.1. The lowest BCUT2D eigenvalue weighted by molar-refractivity contribution is -0.384. The number of nitrogens with zero attached hydrogens (tertiary/aromatic N) is 6. The Morgan fingerprint density at radius 3 is 2.62 bits per heavy atom. The second-order valence-electron chi connectivity index (χ2n) is 5.77. The molecule has 0 unspecified atom stereocenters. The first-order valence-corrected chi connectivity index (χ1v) is 9.23. The largest absolute Gasteiger partial charge is 0.461 e. The molecule has 0 aliphatic carbocycles. The molecule has 12 heteroatoms. The number of nitro groups is 1. The molecule has 0 atom stereocenters. The quantitative estimate of drug-likeness (QED) is 0.260. The predicted octanol–water partition coefficient (Wildman–Crippen LogP) is 2.11. The van der Waals surface area contributed by atoms with E-state index in [4.69, 9.17) is 4.74 Å². The van der Waals surface area contributed by atoms with Crippen molar-refractivity contribution in [3.8, 4) is 5.69 Å². The fourth-order valence-electron chi connectivity index (χ4n) is 2.54. The van der Waals surface area contributed by atoms with E-state index in [9.17, 15) is 19.7 Å². The van der Waals surface area contributed by atoms with E-state index in [0.29, 0.717) is 29.0 Å². The Bertz CT molecular complexity index is 1160. The van der Waals surface area contributed by atoms with E-state index < -0.39 is 10.9 Å². The molecular formula is C17H16N6O5S. The van der Waals surface area contributed by atoms with Gasteiger partial charge in [0.25, 0.3) is 5.69 Å². The molecule has 2 aromatic heterocycles. The normalized spacial score (nSPS) is 11.5. The number of carbonyl (C=O) groups excluding carboxylic acids is 2. The maximum atomic E-state index is 12.1. The van der Waals surface area contributed by atoms with E-state index in [1.807, 2.05) is 0 Å². The Hall–Kier alpha value is -3.67. The SMILES string of the molecule is CCOC(=O)c1nn(-c2ccc([N+](=O)[O-])cc2)/c(=N/c2c(C=O)c(C)nn2C)s1. The molecule has 2 heterocycles. The number of aromatic nitrogens is 4. The minimum absolute atomic E-state index is 0.0514. The van der Waals surface area contributed by atoms with E-state index in [-0.39, 0.29) is 22.1 Å². The van der Waals surface area contributed by atoms with Crippen LogP contribution in [-0.4, -0.2) is 43.3 Å². The second kappa shape index (κ2) is 8.14. The fourth-order valence-corrected chi connectivity index (χ4v) is 3.34. The Labute approximate surface area is 168 Å². The number of rotatable bonds is 6. The van der Waals surface area contributed by atoms with Crippen molar-refractivity contribution in [3.05, 3.63) is 55.4 Å². The molecule has 0 fully saturated rings. The third-order valence-corrected chi connectivity index (χ3v) is 4.76. The Kier molecular flexibility index (Phi) is 5.64. The molecule has 150 valence electrons. The fraction of sp³-hybridized carbons (Fsp3) is 0.235. The van der Waals surface area contributed by atoms with Crippen molar-refractivity contribution in [2.24, 2.45) is 12.0 Å². The van der Waals surface area contributed by atoms with Gasteiger partial charge in [-0.15, -0.1) is 5.10 Å². The molecule has 0 spiro atoms. The summed E-state index contributed by atoms with van der Waals surface area (Å²) in [6, 6.07) is 5.61. The van der Waals surface area contributed by atoms with E-state index in [1.165, 1.54) is 33.6 Å². The van der Waals surface area contributed by atoms with Crippen molar-refractivity contribution in [1.82, 2.24) is 19.6 Å². The summed E-state index contributed by atoms with van der Waals surface area (Å²) in [6.45, 7) is 3.54. The third-order valence-electron chi connectivity index (χ3n) is 3.87. The van der Waals surface area contributed by atoms with Gasteiger partial charge < -0.3 is 4.74 Å². The highest BCUT2D eigenvalue weighted by Crippen LogP contribution is 2.20. The summed E-state index contributed by atoms with van der Waals surface area (Å²) in [4.78, 5) is 38.7. The van der Waals surface area contributed by atoms with Crippen LogP contribution in [0, 0.1) is 17.0 Å². The highest BCUT2D eigenvalue weighted by molar-refractivity contribution is 7.10. The molecule has 29 heavy (non-hydrogen) atoms. The van der Waals surface area contributed by atoms with E-state index >= 15 is 0 Å². The van der Waals surface area contributed by atoms with E-state index in [0.717, 1.165) is 11.3 Å². The van der Waals surface area contributed by atoms with Crippen LogP contribution in [0.15, 0.2) is 29.3 Å². The molecule has 3 aromatic rings. The van der Waals surface area contributed by atoms with Gasteiger partial charge in [0, 0.05) is 19.2 Å². The number of aldehydes is 1. The molecule has 0 amide bonds. The number of ether oxygens (including phenoxy) is 1. The predicted molar refractivity (Wildman–Crippen MR) is 103 cm³/mol. The molecule has 1 aromatic carbocycles. The topological polar surface area (TPSA) is 135 Å². The smallest absolute Gasteiger partial charge is 0.369 e. The summed E-state index contributed by atoms with van der Waals surface area (Å²) in [7, 11) is 1.64. The summed E-state index contributed by atoms with van der Waals surface area (Å²) in [5.74, 6) is -0.321. The van der Waals surface area contributed by atoms with Gasteiger partial charge in [-0.25, -0.2) is 14.2 Å². The molecule has 11 nitrogen and oxygen atoms in total. The van der Waals surface area contributed by atoms with Gasteiger partial charge in [0.15, 0.2) is 12.1 Å². The molecule has 0 aliphatic rings. The van der Waals surface area contributed by atoms with Crippen LogP contribution >= 0.6 is 11.3 Å². The minimum atomic E-state index is -0.619.